The number of hydrogen-bond donors (Lipinski definition) is 1. The van der Waals surface area contributed by atoms with E-state index in [1.165, 1.54) is 24.0 Å². The minimum atomic E-state index is 0.448. The van der Waals surface area contributed by atoms with Crippen molar-refractivity contribution in [3.63, 3.8) is 0 Å². The molecule has 2 nitrogen and oxygen atoms in total. The minimum Gasteiger partial charge on any atom is -0.496 e. The SMILES string of the molecule is COc1cccc2c1CCC21CNC1. The van der Waals surface area contributed by atoms with Crippen LogP contribution in [0.3, 0.4) is 0 Å². The first-order valence-corrected chi connectivity index (χ1v) is 5.23. The molecule has 3 rings (SSSR count). The summed E-state index contributed by atoms with van der Waals surface area (Å²) in [5.41, 5.74) is 3.41. The summed E-state index contributed by atoms with van der Waals surface area (Å²) in [5, 5.41) is 3.38. The van der Waals surface area contributed by atoms with Crippen molar-refractivity contribution in [1.82, 2.24) is 5.32 Å². The molecule has 1 aliphatic heterocycles. The Labute approximate surface area is 84.3 Å². The number of hydrogen-bond acceptors (Lipinski definition) is 2. The molecule has 1 fully saturated rings. The number of benzene rings is 1. The van der Waals surface area contributed by atoms with Gasteiger partial charge in [0.15, 0.2) is 0 Å². The first-order chi connectivity index (χ1) is 6.86. The molecule has 0 unspecified atom stereocenters. The van der Waals surface area contributed by atoms with Crippen molar-refractivity contribution < 1.29 is 4.74 Å². The molecule has 14 heavy (non-hydrogen) atoms. The van der Waals surface area contributed by atoms with E-state index in [-0.39, 0.29) is 0 Å². The van der Waals surface area contributed by atoms with Gasteiger partial charge in [-0.2, -0.15) is 0 Å². The lowest BCUT2D eigenvalue weighted by Crippen LogP contribution is -2.55. The fourth-order valence-electron chi connectivity index (χ4n) is 2.80. The Bertz CT molecular complexity index is 369. The third-order valence-corrected chi connectivity index (χ3v) is 3.70. The Morgan fingerprint density at radius 2 is 2.21 bits per heavy atom. The predicted molar refractivity (Wildman–Crippen MR) is 55.9 cm³/mol. The quantitative estimate of drug-likeness (QED) is 0.722. The molecule has 74 valence electrons. The molecule has 1 spiro atoms. The zero-order valence-corrected chi connectivity index (χ0v) is 8.47. The lowest BCUT2D eigenvalue weighted by atomic mass is 9.76. The van der Waals surface area contributed by atoms with Gasteiger partial charge in [-0.1, -0.05) is 12.1 Å². The van der Waals surface area contributed by atoms with Gasteiger partial charge < -0.3 is 10.1 Å². The van der Waals surface area contributed by atoms with Crippen molar-refractivity contribution >= 4 is 0 Å². The lowest BCUT2D eigenvalue weighted by Gasteiger charge is -2.40. The van der Waals surface area contributed by atoms with E-state index in [4.69, 9.17) is 4.74 Å². The van der Waals surface area contributed by atoms with Gasteiger partial charge in [0.2, 0.25) is 0 Å². The van der Waals surface area contributed by atoms with Crippen LogP contribution in [0.15, 0.2) is 18.2 Å². The molecule has 2 aliphatic rings. The van der Waals surface area contributed by atoms with Crippen LogP contribution >= 0.6 is 0 Å². The minimum absolute atomic E-state index is 0.448. The highest BCUT2D eigenvalue weighted by Crippen LogP contribution is 2.44. The van der Waals surface area contributed by atoms with Gasteiger partial charge >= 0.3 is 0 Å². The van der Waals surface area contributed by atoms with Crippen LogP contribution in [0.25, 0.3) is 0 Å². The van der Waals surface area contributed by atoms with Gasteiger partial charge in [-0.3, -0.25) is 0 Å². The molecule has 1 heterocycles. The number of nitrogens with one attached hydrogen (secondary N) is 1. The Morgan fingerprint density at radius 1 is 1.36 bits per heavy atom. The molecule has 1 aliphatic carbocycles. The van der Waals surface area contributed by atoms with Crippen molar-refractivity contribution in [3.8, 4) is 5.75 Å². The second-order valence-corrected chi connectivity index (χ2v) is 4.37. The number of rotatable bonds is 1. The Kier molecular flexibility index (Phi) is 1.62. The first kappa shape index (κ1) is 8.30. The van der Waals surface area contributed by atoms with Crippen molar-refractivity contribution in [2.24, 2.45) is 0 Å². The Morgan fingerprint density at radius 3 is 2.86 bits per heavy atom. The summed E-state index contributed by atoms with van der Waals surface area (Å²) in [4.78, 5) is 0. The molecule has 0 radical (unpaired) electrons. The van der Waals surface area contributed by atoms with E-state index in [2.05, 4.69) is 23.5 Å². The monoisotopic (exact) mass is 189 g/mol. The highest BCUT2D eigenvalue weighted by Gasteiger charge is 2.44. The standard InChI is InChI=1S/C12H15NO/c1-14-11-4-2-3-10-9(11)5-6-12(10)7-13-8-12/h2-4,13H,5-8H2,1H3. The summed E-state index contributed by atoms with van der Waals surface area (Å²) >= 11 is 0. The highest BCUT2D eigenvalue weighted by molar-refractivity contribution is 5.49. The van der Waals surface area contributed by atoms with Crippen LogP contribution in [0.4, 0.5) is 0 Å². The van der Waals surface area contributed by atoms with Gasteiger partial charge in [-0.05, 0) is 30.0 Å². The first-order valence-electron chi connectivity index (χ1n) is 5.23. The summed E-state index contributed by atoms with van der Waals surface area (Å²) in [5.74, 6) is 1.08. The number of ether oxygens (including phenoxy) is 1. The van der Waals surface area contributed by atoms with Crippen molar-refractivity contribution in [3.05, 3.63) is 29.3 Å². The van der Waals surface area contributed by atoms with E-state index < -0.39 is 0 Å². The number of methoxy groups -OCH3 is 1. The fourth-order valence-corrected chi connectivity index (χ4v) is 2.80. The van der Waals surface area contributed by atoms with Crippen LogP contribution in [0.5, 0.6) is 5.75 Å². The molecule has 1 aromatic rings. The normalized spacial score (nSPS) is 21.8. The average Bonchev–Trinajstić information content (AvgIpc) is 2.55. The molecule has 2 heteroatoms. The summed E-state index contributed by atoms with van der Waals surface area (Å²) in [6.07, 6.45) is 2.47. The molecule has 0 bridgehead atoms. The lowest BCUT2D eigenvalue weighted by molar-refractivity contribution is 0.276. The molecular formula is C12H15NO. The summed E-state index contributed by atoms with van der Waals surface area (Å²) in [6, 6.07) is 6.46. The van der Waals surface area contributed by atoms with E-state index in [0.29, 0.717) is 5.41 Å². The van der Waals surface area contributed by atoms with Crippen molar-refractivity contribution in [2.75, 3.05) is 20.2 Å². The summed E-state index contributed by atoms with van der Waals surface area (Å²) < 4.78 is 5.40. The Balaban J connectivity index is 2.11. The molecule has 0 aromatic heterocycles. The topological polar surface area (TPSA) is 21.3 Å². The van der Waals surface area contributed by atoms with Gasteiger partial charge in [0.1, 0.15) is 5.75 Å². The molecule has 1 saturated heterocycles. The zero-order valence-electron chi connectivity index (χ0n) is 8.47. The third-order valence-electron chi connectivity index (χ3n) is 3.70. The maximum atomic E-state index is 5.40. The van der Waals surface area contributed by atoms with E-state index in [1.54, 1.807) is 7.11 Å². The average molecular weight is 189 g/mol. The van der Waals surface area contributed by atoms with Crippen LogP contribution in [0.2, 0.25) is 0 Å². The maximum Gasteiger partial charge on any atom is 0.122 e. The van der Waals surface area contributed by atoms with Crippen LogP contribution in [-0.4, -0.2) is 20.2 Å². The molecule has 1 aromatic carbocycles. The second-order valence-electron chi connectivity index (χ2n) is 4.37. The second kappa shape index (κ2) is 2.74. The van der Waals surface area contributed by atoms with E-state index in [9.17, 15) is 0 Å². The predicted octanol–water partition coefficient (Wildman–Crippen LogP) is 1.48. The summed E-state index contributed by atoms with van der Waals surface area (Å²) in [6.45, 7) is 2.29. The van der Waals surface area contributed by atoms with Gasteiger partial charge in [0.05, 0.1) is 7.11 Å². The number of fused-ring (bicyclic) bond motifs is 2. The largest absolute Gasteiger partial charge is 0.496 e. The van der Waals surface area contributed by atoms with Gasteiger partial charge in [0, 0.05) is 18.5 Å². The molecule has 1 N–H and O–H groups in total. The van der Waals surface area contributed by atoms with E-state index in [0.717, 1.165) is 18.8 Å². The maximum absolute atomic E-state index is 5.40. The van der Waals surface area contributed by atoms with Gasteiger partial charge in [-0.25, -0.2) is 0 Å². The van der Waals surface area contributed by atoms with Gasteiger partial charge in [0.25, 0.3) is 0 Å². The van der Waals surface area contributed by atoms with Crippen LogP contribution in [-0.2, 0) is 11.8 Å². The van der Waals surface area contributed by atoms with Crippen LogP contribution in [0, 0.1) is 0 Å². The molecule has 0 atom stereocenters. The third kappa shape index (κ3) is 0.894. The van der Waals surface area contributed by atoms with E-state index in [1.807, 2.05) is 0 Å². The van der Waals surface area contributed by atoms with Crippen LogP contribution < -0.4 is 10.1 Å². The van der Waals surface area contributed by atoms with Gasteiger partial charge in [-0.15, -0.1) is 0 Å². The fraction of sp³-hybridized carbons (Fsp3) is 0.500. The zero-order chi connectivity index (χ0) is 9.60. The van der Waals surface area contributed by atoms with Crippen molar-refractivity contribution in [2.45, 2.75) is 18.3 Å². The van der Waals surface area contributed by atoms with E-state index >= 15 is 0 Å². The molecular weight excluding hydrogens is 174 g/mol. The molecule has 0 amide bonds. The highest BCUT2D eigenvalue weighted by atomic mass is 16.5. The molecule has 0 saturated carbocycles. The Hall–Kier alpha value is -1.02. The van der Waals surface area contributed by atoms with Crippen LogP contribution in [0.1, 0.15) is 17.5 Å². The summed E-state index contributed by atoms with van der Waals surface area (Å²) in [7, 11) is 1.76. The van der Waals surface area contributed by atoms with Crippen molar-refractivity contribution in [1.29, 1.82) is 0 Å². The smallest absolute Gasteiger partial charge is 0.122 e.